The van der Waals surface area contributed by atoms with Gasteiger partial charge in [0.1, 0.15) is 6.04 Å². The molecule has 23 heavy (non-hydrogen) atoms. The summed E-state index contributed by atoms with van der Waals surface area (Å²) in [4.78, 5) is 28.9. The van der Waals surface area contributed by atoms with Gasteiger partial charge in [0.25, 0.3) is 5.91 Å². The zero-order valence-corrected chi connectivity index (χ0v) is 13.6. The van der Waals surface area contributed by atoms with Crippen molar-refractivity contribution < 1.29 is 19.1 Å². The number of fused-ring (bicyclic) bond motifs is 1. The molecule has 1 unspecified atom stereocenters. The number of hydrogen-bond acceptors (Lipinski definition) is 4. The van der Waals surface area contributed by atoms with Gasteiger partial charge >= 0.3 is 0 Å². The SMILES string of the molecule is CCN(CC)C(=O)C1CCCN1C(=O)c1ccc2c(c1)OCO2. The molecular formula is C17H22N2O4. The summed E-state index contributed by atoms with van der Waals surface area (Å²) in [5, 5.41) is 0. The van der Waals surface area contributed by atoms with E-state index < -0.39 is 0 Å². The van der Waals surface area contributed by atoms with Crippen LogP contribution in [0, 0.1) is 0 Å². The van der Waals surface area contributed by atoms with E-state index in [1.807, 2.05) is 13.8 Å². The number of carbonyl (C=O) groups excluding carboxylic acids is 2. The van der Waals surface area contributed by atoms with Crippen molar-refractivity contribution in [2.75, 3.05) is 26.4 Å². The highest BCUT2D eigenvalue weighted by atomic mass is 16.7. The molecule has 0 aromatic heterocycles. The first kappa shape index (κ1) is 15.6. The summed E-state index contributed by atoms with van der Waals surface area (Å²) in [6.07, 6.45) is 1.58. The van der Waals surface area contributed by atoms with Gasteiger partial charge in [-0.15, -0.1) is 0 Å². The van der Waals surface area contributed by atoms with Crippen molar-refractivity contribution in [3.05, 3.63) is 23.8 Å². The fraction of sp³-hybridized carbons (Fsp3) is 0.529. The van der Waals surface area contributed by atoms with E-state index in [2.05, 4.69) is 0 Å². The van der Waals surface area contributed by atoms with Gasteiger partial charge in [-0.25, -0.2) is 0 Å². The Kier molecular flexibility index (Phi) is 4.41. The first-order chi connectivity index (χ1) is 11.2. The number of amides is 2. The summed E-state index contributed by atoms with van der Waals surface area (Å²) in [6.45, 7) is 6.04. The van der Waals surface area contributed by atoms with Crippen molar-refractivity contribution in [3.63, 3.8) is 0 Å². The fourth-order valence-electron chi connectivity index (χ4n) is 3.21. The number of carbonyl (C=O) groups is 2. The van der Waals surface area contributed by atoms with Crippen molar-refractivity contribution >= 4 is 11.8 Å². The number of ether oxygens (including phenoxy) is 2. The van der Waals surface area contributed by atoms with Gasteiger partial charge in [-0.05, 0) is 44.9 Å². The van der Waals surface area contributed by atoms with E-state index in [1.54, 1.807) is 28.0 Å². The molecule has 0 bridgehead atoms. The van der Waals surface area contributed by atoms with Gasteiger partial charge in [0.15, 0.2) is 11.5 Å². The number of likely N-dealkylation sites (tertiary alicyclic amines) is 1. The van der Waals surface area contributed by atoms with Crippen LogP contribution in [-0.4, -0.2) is 54.1 Å². The third kappa shape index (κ3) is 2.85. The molecule has 0 N–H and O–H groups in total. The van der Waals surface area contributed by atoms with Crippen LogP contribution in [0.5, 0.6) is 11.5 Å². The molecular weight excluding hydrogens is 296 g/mol. The third-order valence-corrected chi connectivity index (χ3v) is 4.49. The zero-order valence-electron chi connectivity index (χ0n) is 13.6. The molecule has 0 spiro atoms. The summed E-state index contributed by atoms with van der Waals surface area (Å²) < 4.78 is 10.6. The molecule has 2 aliphatic rings. The predicted molar refractivity (Wildman–Crippen MR) is 84.6 cm³/mol. The lowest BCUT2D eigenvalue weighted by atomic mass is 10.1. The van der Waals surface area contributed by atoms with Crippen LogP contribution in [0.25, 0.3) is 0 Å². The molecule has 2 heterocycles. The van der Waals surface area contributed by atoms with E-state index in [4.69, 9.17) is 9.47 Å². The van der Waals surface area contributed by atoms with Crippen LogP contribution in [0.1, 0.15) is 37.0 Å². The van der Waals surface area contributed by atoms with E-state index in [9.17, 15) is 9.59 Å². The quantitative estimate of drug-likeness (QED) is 0.850. The second-order valence-corrected chi connectivity index (χ2v) is 5.74. The Bertz CT molecular complexity index is 613. The minimum absolute atomic E-state index is 0.0431. The van der Waals surface area contributed by atoms with Crippen LogP contribution in [0.15, 0.2) is 18.2 Å². The molecule has 6 heteroatoms. The standard InChI is InChI=1S/C17H22N2O4/c1-3-18(4-2)17(21)13-6-5-9-19(13)16(20)12-7-8-14-15(10-12)23-11-22-14/h7-8,10,13H,3-6,9,11H2,1-2H3. The second kappa shape index (κ2) is 6.48. The van der Waals surface area contributed by atoms with Gasteiger partial charge in [-0.1, -0.05) is 0 Å². The molecule has 124 valence electrons. The number of hydrogen-bond donors (Lipinski definition) is 0. The Morgan fingerprint density at radius 1 is 1.22 bits per heavy atom. The van der Waals surface area contributed by atoms with E-state index >= 15 is 0 Å². The molecule has 3 rings (SSSR count). The average Bonchev–Trinajstić information content (AvgIpc) is 3.23. The van der Waals surface area contributed by atoms with E-state index in [0.29, 0.717) is 36.7 Å². The van der Waals surface area contributed by atoms with Gasteiger partial charge < -0.3 is 19.3 Å². The topological polar surface area (TPSA) is 59.1 Å². The first-order valence-electron chi connectivity index (χ1n) is 8.15. The molecule has 0 aliphatic carbocycles. The van der Waals surface area contributed by atoms with Crippen LogP contribution in [0.2, 0.25) is 0 Å². The number of likely N-dealkylation sites (N-methyl/N-ethyl adjacent to an activating group) is 1. The van der Waals surface area contributed by atoms with Gasteiger partial charge in [0.2, 0.25) is 12.7 Å². The van der Waals surface area contributed by atoms with Crippen LogP contribution < -0.4 is 9.47 Å². The number of benzene rings is 1. The van der Waals surface area contributed by atoms with Gasteiger partial charge in [0, 0.05) is 25.2 Å². The number of rotatable bonds is 4. The lowest BCUT2D eigenvalue weighted by Gasteiger charge is -2.29. The Morgan fingerprint density at radius 3 is 2.70 bits per heavy atom. The highest BCUT2D eigenvalue weighted by Gasteiger charge is 2.36. The van der Waals surface area contributed by atoms with Crippen LogP contribution in [-0.2, 0) is 4.79 Å². The maximum atomic E-state index is 12.8. The lowest BCUT2D eigenvalue weighted by Crippen LogP contribution is -2.47. The summed E-state index contributed by atoms with van der Waals surface area (Å²) >= 11 is 0. The van der Waals surface area contributed by atoms with Crippen molar-refractivity contribution in [2.45, 2.75) is 32.7 Å². The average molecular weight is 318 g/mol. The highest BCUT2D eigenvalue weighted by Crippen LogP contribution is 2.33. The van der Waals surface area contributed by atoms with Gasteiger partial charge in [0.05, 0.1) is 0 Å². The first-order valence-corrected chi connectivity index (χ1v) is 8.15. The normalized spacial score (nSPS) is 19.0. The summed E-state index contributed by atoms with van der Waals surface area (Å²) in [5.74, 6) is 1.16. The van der Waals surface area contributed by atoms with Crippen molar-refractivity contribution in [1.82, 2.24) is 9.80 Å². The molecule has 2 aliphatic heterocycles. The lowest BCUT2D eigenvalue weighted by molar-refractivity contribution is -0.134. The maximum Gasteiger partial charge on any atom is 0.254 e. The second-order valence-electron chi connectivity index (χ2n) is 5.74. The van der Waals surface area contributed by atoms with Crippen molar-refractivity contribution in [2.24, 2.45) is 0 Å². The Labute approximate surface area is 136 Å². The van der Waals surface area contributed by atoms with E-state index in [0.717, 1.165) is 12.8 Å². The van der Waals surface area contributed by atoms with Gasteiger partial charge in [-0.2, -0.15) is 0 Å². The summed E-state index contributed by atoms with van der Waals surface area (Å²) in [7, 11) is 0. The third-order valence-electron chi connectivity index (χ3n) is 4.49. The maximum absolute atomic E-state index is 12.8. The fourth-order valence-corrected chi connectivity index (χ4v) is 3.21. The monoisotopic (exact) mass is 318 g/mol. The smallest absolute Gasteiger partial charge is 0.254 e. The minimum Gasteiger partial charge on any atom is -0.454 e. The van der Waals surface area contributed by atoms with Crippen molar-refractivity contribution in [3.8, 4) is 11.5 Å². The van der Waals surface area contributed by atoms with Crippen LogP contribution in [0.3, 0.4) is 0 Å². The van der Waals surface area contributed by atoms with E-state index in [-0.39, 0.29) is 24.6 Å². The molecule has 0 saturated carbocycles. The molecule has 1 atom stereocenters. The molecule has 0 radical (unpaired) electrons. The largest absolute Gasteiger partial charge is 0.454 e. The van der Waals surface area contributed by atoms with Crippen molar-refractivity contribution in [1.29, 1.82) is 0 Å². The molecule has 1 fully saturated rings. The Hall–Kier alpha value is -2.24. The Balaban J connectivity index is 1.79. The molecule has 1 aromatic rings. The Morgan fingerprint density at radius 2 is 1.96 bits per heavy atom. The minimum atomic E-state index is -0.354. The predicted octanol–water partition coefficient (Wildman–Crippen LogP) is 1.89. The zero-order chi connectivity index (χ0) is 16.4. The van der Waals surface area contributed by atoms with Gasteiger partial charge in [-0.3, -0.25) is 9.59 Å². The summed E-state index contributed by atoms with van der Waals surface area (Å²) in [5.41, 5.74) is 0.536. The molecule has 6 nitrogen and oxygen atoms in total. The number of nitrogens with zero attached hydrogens (tertiary/aromatic N) is 2. The van der Waals surface area contributed by atoms with Crippen LogP contribution in [0.4, 0.5) is 0 Å². The molecule has 2 amide bonds. The van der Waals surface area contributed by atoms with Crippen LogP contribution >= 0.6 is 0 Å². The highest BCUT2D eigenvalue weighted by molar-refractivity contribution is 5.98. The summed E-state index contributed by atoms with van der Waals surface area (Å²) in [6, 6.07) is 4.81. The molecule has 1 aromatic carbocycles. The van der Waals surface area contributed by atoms with E-state index in [1.165, 1.54) is 0 Å². The molecule has 1 saturated heterocycles.